The van der Waals surface area contributed by atoms with Crippen molar-refractivity contribution >= 4 is 27.5 Å². The van der Waals surface area contributed by atoms with Crippen LogP contribution in [0.4, 0.5) is 4.39 Å². The fourth-order valence-corrected chi connectivity index (χ4v) is 6.57. The fourth-order valence-electron chi connectivity index (χ4n) is 5.35. The molecule has 1 saturated heterocycles. The summed E-state index contributed by atoms with van der Waals surface area (Å²) in [5, 5.41) is 21.7. The highest BCUT2D eigenvalue weighted by molar-refractivity contribution is 7.21. The highest BCUT2D eigenvalue weighted by Gasteiger charge is 2.35. The highest BCUT2D eigenvalue weighted by atomic mass is 32.1. The van der Waals surface area contributed by atoms with Crippen molar-refractivity contribution in [1.29, 1.82) is 0 Å². The van der Waals surface area contributed by atoms with Crippen molar-refractivity contribution in [1.82, 2.24) is 29.4 Å². The summed E-state index contributed by atoms with van der Waals surface area (Å²) in [6.07, 6.45) is 2.40. The summed E-state index contributed by atoms with van der Waals surface area (Å²) in [4.78, 5) is 42.2. The van der Waals surface area contributed by atoms with Gasteiger partial charge in [0.2, 0.25) is 5.91 Å². The Morgan fingerprint density at radius 2 is 1.98 bits per heavy atom. The van der Waals surface area contributed by atoms with Crippen LogP contribution < -0.4 is 21.3 Å². The average Bonchev–Trinajstić information content (AvgIpc) is 3.66. The molecule has 0 spiro atoms. The number of aryl methyl sites for hydroxylation is 1. The molecule has 3 aromatic heterocycles. The van der Waals surface area contributed by atoms with Gasteiger partial charge in [-0.1, -0.05) is 11.3 Å². The van der Waals surface area contributed by atoms with Gasteiger partial charge in [0.1, 0.15) is 33.5 Å². The molecule has 1 saturated carbocycles. The van der Waals surface area contributed by atoms with Crippen molar-refractivity contribution in [3.05, 3.63) is 68.4 Å². The van der Waals surface area contributed by atoms with Gasteiger partial charge < -0.3 is 19.9 Å². The quantitative estimate of drug-likeness (QED) is 0.325. The zero-order valence-corrected chi connectivity index (χ0v) is 22.6. The van der Waals surface area contributed by atoms with Crippen LogP contribution in [-0.2, 0) is 16.1 Å². The number of aliphatic hydroxyl groups is 1. The molecule has 2 fully saturated rings. The van der Waals surface area contributed by atoms with Crippen molar-refractivity contribution in [3.63, 3.8) is 0 Å². The summed E-state index contributed by atoms with van der Waals surface area (Å²) in [5.74, 6) is -0.556. The van der Waals surface area contributed by atoms with Gasteiger partial charge in [0.15, 0.2) is 0 Å². The number of aromatic nitrogens is 5. The van der Waals surface area contributed by atoms with Gasteiger partial charge in [-0.2, -0.15) is 10.2 Å². The Morgan fingerprint density at radius 1 is 1.23 bits per heavy atom. The Bertz CT molecular complexity index is 1710. The van der Waals surface area contributed by atoms with Crippen LogP contribution in [0.15, 0.2) is 40.2 Å². The summed E-state index contributed by atoms with van der Waals surface area (Å²) in [5.41, 5.74) is -0.320. The van der Waals surface area contributed by atoms with Crippen LogP contribution >= 0.6 is 11.3 Å². The molecular formula is C26H27FN6O6S. The third-order valence-electron chi connectivity index (χ3n) is 7.46. The first-order valence-corrected chi connectivity index (χ1v) is 13.7. The largest absolute Gasteiger partial charge is 0.496 e. The van der Waals surface area contributed by atoms with Crippen LogP contribution in [0.1, 0.15) is 42.5 Å². The molecule has 4 heterocycles. The zero-order valence-electron chi connectivity index (χ0n) is 21.7. The molecular weight excluding hydrogens is 543 g/mol. The molecule has 6 rings (SSSR count). The summed E-state index contributed by atoms with van der Waals surface area (Å²) in [6, 6.07) is 3.07. The van der Waals surface area contributed by atoms with E-state index in [-0.39, 0.29) is 24.5 Å². The molecule has 0 bridgehead atoms. The summed E-state index contributed by atoms with van der Waals surface area (Å²) >= 11 is 1.16. The standard InChI is InChI=1S/C26H27FN6O6S/c1-13-21-23(36)32(18-5-6-28-22(18)35)26(37)31(25(21)40-24(13)33-29-7-8-30-33)12-20(39-16-10-15(34)11-16)17-9-14(27)3-4-19(17)38-2/h3-4,7-9,15-16,18,20,34H,5-6,10-12H2,1-2H3,(H,28,35). The minimum atomic E-state index is -0.967. The molecule has 1 aliphatic carbocycles. The van der Waals surface area contributed by atoms with Crippen LogP contribution in [0, 0.1) is 12.7 Å². The van der Waals surface area contributed by atoms with E-state index >= 15 is 0 Å². The van der Waals surface area contributed by atoms with E-state index in [1.165, 1.54) is 47.1 Å². The number of thiophene rings is 1. The molecule has 14 heteroatoms. The normalized spacial score (nSPS) is 21.4. The molecule has 0 radical (unpaired) electrons. The van der Waals surface area contributed by atoms with Gasteiger partial charge in [0.05, 0.1) is 43.6 Å². The Labute approximate surface area is 230 Å². The van der Waals surface area contributed by atoms with Crippen molar-refractivity contribution in [3.8, 4) is 10.8 Å². The molecule has 1 amide bonds. The van der Waals surface area contributed by atoms with Gasteiger partial charge in [-0.05, 0) is 44.4 Å². The van der Waals surface area contributed by atoms with Crippen LogP contribution in [0.3, 0.4) is 0 Å². The molecule has 12 nitrogen and oxygen atoms in total. The van der Waals surface area contributed by atoms with E-state index in [2.05, 4.69) is 15.5 Å². The van der Waals surface area contributed by atoms with E-state index in [4.69, 9.17) is 9.47 Å². The molecule has 40 heavy (non-hydrogen) atoms. The number of carbonyl (C=O) groups is 1. The maximum Gasteiger partial charge on any atom is 0.332 e. The third kappa shape index (κ3) is 4.41. The molecule has 2 aliphatic rings. The number of rotatable bonds is 8. The summed E-state index contributed by atoms with van der Waals surface area (Å²) < 4.78 is 28.7. The Morgan fingerprint density at radius 3 is 2.62 bits per heavy atom. The van der Waals surface area contributed by atoms with Crippen molar-refractivity contribution in [2.75, 3.05) is 13.7 Å². The number of hydrogen-bond donors (Lipinski definition) is 2. The molecule has 4 aromatic rings. The molecule has 2 unspecified atom stereocenters. The van der Waals surface area contributed by atoms with E-state index in [0.29, 0.717) is 46.1 Å². The fraction of sp³-hybridized carbons (Fsp3) is 0.423. The second-order valence-corrected chi connectivity index (χ2v) is 10.9. The number of nitrogens with one attached hydrogen (secondary N) is 1. The Kier molecular flexibility index (Phi) is 6.76. The predicted molar refractivity (Wildman–Crippen MR) is 142 cm³/mol. The molecule has 2 N–H and O–H groups in total. The lowest BCUT2D eigenvalue weighted by Crippen LogP contribution is -2.45. The lowest BCUT2D eigenvalue weighted by molar-refractivity contribution is -0.122. The average molecular weight is 571 g/mol. The first-order chi connectivity index (χ1) is 19.3. The SMILES string of the molecule is COc1ccc(F)cc1C(Cn1c(=O)n(C2CCNC2=O)c(=O)c2c(C)c(-n3nccn3)sc21)OC1CC(O)C1. The van der Waals surface area contributed by atoms with Crippen molar-refractivity contribution in [2.24, 2.45) is 0 Å². The number of benzene rings is 1. The topological polar surface area (TPSA) is 142 Å². The second kappa shape index (κ2) is 10.3. The minimum Gasteiger partial charge on any atom is -0.496 e. The van der Waals surface area contributed by atoms with E-state index in [1.54, 1.807) is 6.92 Å². The van der Waals surface area contributed by atoms with Gasteiger partial charge in [-0.3, -0.25) is 14.2 Å². The van der Waals surface area contributed by atoms with Crippen molar-refractivity contribution in [2.45, 2.75) is 57.1 Å². The van der Waals surface area contributed by atoms with Crippen LogP contribution in [0.5, 0.6) is 5.75 Å². The lowest BCUT2D eigenvalue weighted by atomic mass is 9.92. The number of ether oxygens (including phenoxy) is 2. The maximum atomic E-state index is 14.5. The summed E-state index contributed by atoms with van der Waals surface area (Å²) in [6.45, 7) is 1.98. The van der Waals surface area contributed by atoms with E-state index in [1.807, 2.05) is 0 Å². The number of aliphatic hydroxyl groups excluding tert-OH is 1. The lowest BCUT2D eigenvalue weighted by Gasteiger charge is -2.35. The number of hydrogen-bond acceptors (Lipinski definition) is 9. The monoisotopic (exact) mass is 570 g/mol. The van der Waals surface area contributed by atoms with Gasteiger partial charge >= 0.3 is 5.69 Å². The first-order valence-electron chi connectivity index (χ1n) is 12.9. The molecule has 2 atom stereocenters. The number of nitrogens with zero attached hydrogens (tertiary/aromatic N) is 5. The Balaban J connectivity index is 1.57. The van der Waals surface area contributed by atoms with Gasteiger partial charge in [0, 0.05) is 17.7 Å². The second-order valence-electron chi connectivity index (χ2n) is 9.95. The van der Waals surface area contributed by atoms with Crippen LogP contribution in [0.25, 0.3) is 15.2 Å². The predicted octanol–water partition coefficient (Wildman–Crippen LogP) is 1.60. The van der Waals surface area contributed by atoms with Crippen molar-refractivity contribution < 1.29 is 23.8 Å². The molecule has 1 aromatic carbocycles. The first kappa shape index (κ1) is 26.3. The number of methoxy groups -OCH3 is 1. The smallest absolute Gasteiger partial charge is 0.332 e. The Hall–Kier alpha value is -3.88. The van der Waals surface area contributed by atoms with E-state index < -0.39 is 41.2 Å². The van der Waals surface area contributed by atoms with Crippen LogP contribution in [-0.4, -0.2) is 61.0 Å². The van der Waals surface area contributed by atoms with Gasteiger partial charge in [-0.15, -0.1) is 4.80 Å². The number of fused-ring (bicyclic) bond motifs is 1. The highest BCUT2D eigenvalue weighted by Crippen LogP contribution is 2.37. The van der Waals surface area contributed by atoms with Gasteiger partial charge in [0.25, 0.3) is 5.56 Å². The minimum absolute atomic E-state index is 0.109. The zero-order chi connectivity index (χ0) is 28.1. The van der Waals surface area contributed by atoms with E-state index in [9.17, 15) is 23.9 Å². The number of amides is 1. The molecule has 1 aliphatic heterocycles. The van der Waals surface area contributed by atoms with Gasteiger partial charge in [-0.25, -0.2) is 13.8 Å². The summed E-state index contributed by atoms with van der Waals surface area (Å²) in [7, 11) is 1.45. The number of carbonyl (C=O) groups excluding carboxylic acids is 1. The third-order valence-corrected chi connectivity index (χ3v) is 8.74. The molecule has 210 valence electrons. The van der Waals surface area contributed by atoms with Crippen LogP contribution in [0.2, 0.25) is 0 Å². The number of halogens is 1. The maximum absolute atomic E-state index is 14.5. The van der Waals surface area contributed by atoms with E-state index in [0.717, 1.165) is 15.9 Å².